The molecule has 0 unspecified atom stereocenters. The van der Waals surface area contributed by atoms with Crippen molar-refractivity contribution in [3.05, 3.63) is 28.2 Å². The summed E-state index contributed by atoms with van der Waals surface area (Å²) < 4.78 is 6.35. The highest BCUT2D eigenvalue weighted by atomic mass is 79.9. The quantitative estimate of drug-likeness (QED) is 0.458. The van der Waals surface area contributed by atoms with Crippen LogP contribution < -0.4 is 15.5 Å². The van der Waals surface area contributed by atoms with E-state index in [2.05, 4.69) is 31.8 Å². The normalized spacial score (nSPS) is 13.9. The average Bonchev–Trinajstić information content (AvgIpc) is 3.30. The summed E-state index contributed by atoms with van der Waals surface area (Å²) in [5.74, 6) is -0.652. The van der Waals surface area contributed by atoms with Crippen molar-refractivity contribution >= 4 is 34.0 Å². The van der Waals surface area contributed by atoms with E-state index in [0.717, 1.165) is 35.0 Å². The Kier molecular flexibility index (Phi) is 5.94. The molecule has 0 atom stereocenters. The Hall–Kier alpha value is -1.89. The molecule has 0 spiro atoms. The molecule has 1 aromatic rings. The number of hydrazone groups is 1. The lowest BCUT2D eigenvalue weighted by atomic mass is 10.2. The Balaban J connectivity index is 1.85. The van der Waals surface area contributed by atoms with Gasteiger partial charge in [-0.05, 0) is 59.0 Å². The van der Waals surface area contributed by atoms with Crippen LogP contribution >= 0.6 is 15.9 Å². The van der Waals surface area contributed by atoms with E-state index in [0.29, 0.717) is 6.61 Å². The van der Waals surface area contributed by atoms with Gasteiger partial charge in [-0.1, -0.05) is 6.92 Å². The second-order valence-electron chi connectivity index (χ2n) is 4.99. The van der Waals surface area contributed by atoms with Crippen molar-refractivity contribution in [2.45, 2.75) is 32.2 Å². The zero-order valence-corrected chi connectivity index (χ0v) is 13.9. The fraction of sp³-hybridized carbons (Fsp3) is 0.400. The van der Waals surface area contributed by atoms with Gasteiger partial charge >= 0.3 is 11.8 Å². The summed E-state index contributed by atoms with van der Waals surface area (Å²) in [4.78, 5) is 22.9. The highest BCUT2D eigenvalue weighted by Crippen LogP contribution is 2.25. The van der Waals surface area contributed by atoms with Crippen LogP contribution in [0.2, 0.25) is 0 Å². The van der Waals surface area contributed by atoms with Crippen LogP contribution in [0.25, 0.3) is 0 Å². The number of halogens is 1. The van der Waals surface area contributed by atoms with Gasteiger partial charge in [-0.2, -0.15) is 5.10 Å². The lowest BCUT2D eigenvalue weighted by Crippen LogP contribution is -2.38. The fourth-order valence-electron chi connectivity index (χ4n) is 1.62. The number of amides is 2. The molecule has 7 heteroatoms. The lowest BCUT2D eigenvalue weighted by Gasteiger charge is -2.07. The molecule has 1 aromatic carbocycles. The minimum absolute atomic E-state index is 0.147. The van der Waals surface area contributed by atoms with Crippen molar-refractivity contribution in [1.82, 2.24) is 10.7 Å². The summed E-state index contributed by atoms with van der Waals surface area (Å²) in [5, 5.41) is 6.37. The highest BCUT2D eigenvalue weighted by Gasteiger charge is 2.26. The van der Waals surface area contributed by atoms with Crippen LogP contribution in [0.15, 0.2) is 27.8 Å². The average molecular weight is 368 g/mol. The van der Waals surface area contributed by atoms with Crippen molar-refractivity contribution in [1.29, 1.82) is 0 Å². The Morgan fingerprint density at radius 3 is 2.82 bits per heavy atom. The first-order valence-corrected chi connectivity index (χ1v) is 7.95. The SMILES string of the molecule is CCCOc1ccc(/C=N\NC(=O)C(=O)NC2CC2)cc1Br. The Labute approximate surface area is 137 Å². The van der Waals surface area contributed by atoms with Crippen molar-refractivity contribution < 1.29 is 14.3 Å². The smallest absolute Gasteiger partial charge is 0.329 e. The standard InChI is InChI=1S/C15H18BrN3O3/c1-2-7-22-13-6-3-10(8-12(13)16)9-17-19-15(21)14(20)18-11-4-5-11/h3,6,8-9,11H,2,4-5,7H2,1H3,(H,18,20)(H,19,21)/b17-9-. The second-order valence-corrected chi connectivity index (χ2v) is 5.84. The van der Waals surface area contributed by atoms with E-state index in [4.69, 9.17) is 4.74 Å². The van der Waals surface area contributed by atoms with Crippen molar-refractivity contribution in [2.75, 3.05) is 6.61 Å². The predicted octanol–water partition coefficient (Wildman–Crippen LogP) is 1.97. The molecule has 1 fully saturated rings. The molecule has 0 radical (unpaired) electrons. The van der Waals surface area contributed by atoms with E-state index in [1.165, 1.54) is 6.21 Å². The maximum atomic E-state index is 11.5. The third kappa shape index (κ3) is 5.14. The van der Waals surface area contributed by atoms with Crippen LogP contribution in [-0.2, 0) is 9.59 Å². The van der Waals surface area contributed by atoms with Gasteiger partial charge in [0, 0.05) is 6.04 Å². The molecule has 0 aliphatic heterocycles. The third-order valence-electron chi connectivity index (χ3n) is 2.92. The monoisotopic (exact) mass is 367 g/mol. The summed E-state index contributed by atoms with van der Waals surface area (Å²) >= 11 is 3.42. The Morgan fingerprint density at radius 2 is 2.18 bits per heavy atom. The van der Waals surface area contributed by atoms with Gasteiger partial charge in [0.05, 0.1) is 17.3 Å². The van der Waals surface area contributed by atoms with Gasteiger partial charge in [0.25, 0.3) is 0 Å². The van der Waals surface area contributed by atoms with E-state index in [9.17, 15) is 9.59 Å². The first-order chi connectivity index (χ1) is 10.6. The van der Waals surface area contributed by atoms with Crippen LogP contribution in [0, 0.1) is 0 Å². The van der Waals surface area contributed by atoms with Crippen LogP contribution in [0.1, 0.15) is 31.7 Å². The first kappa shape index (κ1) is 16.5. The Bertz CT molecular complexity index is 585. The van der Waals surface area contributed by atoms with Gasteiger partial charge in [-0.15, -0.1) is 0 Å². The number of nitrogens with zero attached hydrogens (tertiary/aromatic N) is 1. The number of carbonyl (C=O) groups is 2. The molecule has 0 bridgehead atoms. The molecule has 0 aromatic heterocycles. The molecule has 1 aliphatic rings. The molecule has 22 heavy (non-hydrogen) atoms. The minimum atomic E-state index is -0.759. The third-order valence-corrected chi connectivity index (χ3v) is 3.54. The molecule has 2 N–H and O–H groups in total. The van der Waals surface area contributed by atoms with Gasteiger partial charge in [0.15, 0.2) is 0 Å². The number of rotatable bonds is 6. The van der Waals surface area contributed by atoms with E-state index in [1.807, 2.05) is 25.1 Å². The molecule has 6 nitrogen and oxygen atoms in total. The number of carbonyl (C=O) groups excluding carboxylic acids is 2. The van der Waals surface area contributed by atoms with Crippen molar-refractivity contribution in [3.63, 3.8) is 0 Å². The first-order valence-electron chi connectivity index (χ1n) is 7.16. The number of ether oxygens (including phenoxy) is 1. The van der Waals surface area contributed by atoms with Gasteiger partial charge in [0.2, 0.25) is 0 Å². The highest BCUT2D eigenvalue weighted by molar-refractivity contribution is 9.10. The van der Waals surface area contributed by atoms with Crippen molar-refractivity contribution in [3.8, 4) is 5.75 Å². The second kappa shape index (κ2) is 7.93. The van der Waals surface area contributed by atoms with E-state index in [-0.39, 0.29) is 6.04 Å². The van der Waals surface area contributed by atoms with Gasteiger partial charge in [-0.3, -0.25) is 9.59 Å². The summed E-state index contributed by atoms with van der Waals surface area (Å²) in [6.07, 6.45) is 4.27. The molecule has 0 saturated heterocycles. The summed E-state index contributed by atoms with van der Waals surface area (Å²) in [6.45, 7) is 2.69. The van der Waals surface area contributed by atoms with Gasteiger partial charge < -0.3 is 10.1 Å². The van der Waals surface area contributed by atoms with Crippen LogP contribution in [0.3, 0.4) is 0 Å². The summed E-state index contributed by atoms with van der Waals surface area (Å²) in [7, 11) is 0. The summed E-state index contributed by atoms with van der Waals surface area (Å²) in [5.41, 5.74) is 2.98. The minimum Gasteiger partial charge on any atom is -0.492 e. The maximum absolute atomic E-state index is 11.5. The summed E-state index contributed by atoms with van der Waals surface area (Å²) in [6, 6.07) is 5.61. The van der Waals surface area contributed by atoms with E-state index in [1.54, 1.807) is 0 Å². The molecule has 118 valence electrons. The predicted molar refractivity (Wildman–Crippen MR) is 86.8 cm³/mol. The molecule has 2 rings (SSSR count). The zero-order valence-electron chi connectivity index (χ0n) is 12.3. The number of hydrogen-bond donors (Lipinski definition) is 2. The van der Waals surface area contributed by atoms with Gasteiger partial charge in [0.1, 0.15) is 5.75 Å². The number of nitrogens with one attached hydrogen (secondary N) is 2. The van der Waals surface area contributed by atoms with Crippen LogP contribution in [0.5, 0.6) is 5.75 Å². The number of hydrogen-bond acceptors (Lipinski definition) is 4. The van der Waals surface area contributed by atoms with Crippen LogP contribution in [0.4, 0.5) is 0 Å². The maximum Gasteiger partial charge on any atom is 0.329 e. The van der Waals surface area contributed by atoms with Gasteiger partial charge in [-0.25, -0.2) is 5.43 Å². The Morgan fingerprint density at radius 1 is 1.41 bits per heavy atom. The molecule has 2 amide bonds. The molecule has 1 saturated carbocycles. The fourth-order valence-corrected chi connectivity index (χ4v) is 2.13. The van der Waals surface area contributed by atoms with Crippen LogP contribution in [-0.4, -0.2) is 30.7 Å². The molecular formula is C15H18BrN3O3. The lowest BCUT2D eigenvalue weighted by molar-refractivity contribution is -0.139. The topological polar surface area (TPSA) is 79.8 Å². The number of benzene rings is 1. The van der Waals surface area contributed by atoms with E-state index < -0.39 is 11.8 Å². The molecular weight excluding hydrogens is 350 g/mol. The molecule has 0 heterocycles. The van der Waals surface area contributed by atoms with E-state index >= 15 is 0 Å². The zero-order chi connectivity index (χ0) is 15.9. The molecule has 1 aliphatic carbocycles. The van der Waals surface area contributed by atoms with Crippen molar-refractivity contribution in [2.24, 2.45) is 5.10 Å². The largest absolute Gasteiger partial charge is 0.492 e.